The Kier molecular flexibility index (Phi) is 5.78. The quantitative estimate of drug-likeness (QED) is 0.390. The number of carbonyl (C=O) groups is 1. The third-order valence-corrected chi connectivity index (χ3v) is 7.25. The van der Waals surface area contributed by atoms with E-state index in [9.17, 15) is 22.4 Å². The lowest BCUT2D eigenvalue weighted by Crippen LogP contribution is -2.53. The van der Waals surface area contributed by atoms with Crippen LogP contribution in [-0.4, -0.2) is 31.8 Å². The molecule has 3 atom stereocenters. The fraction of sp³-hybridized carbons (Fsp3) is 0.360. The third kappa shape index (κ3) is 4.05. The van der Waals surface area contributed by atoms with E-state index in [1.807, 2.05) is 6.92 Å². The van der Waals surface area contributed by atoms with Crippen molar-refractivity contribution in [2.75, 3.05) is 0 Å². The Hall–Kier alpha value is -3.07. The Balaban J connectivity index is 1.63. The van der Waals surface area contributed by atoms with Gasteiger partial charge in [0.15, 0.2) is 5.69 Å². The smallest absolute Gasteiger partial charge is 0.326 e. The molecule has 3 aromatic rings. The van der Waals surface area contributed by atoms with Crippen molar-refractivity contribution in [1.82, 2.24) is 19.9 Å². The standard InChI is InChI=1S/C25H21ClF4N4O/c1-12-3-8-18-22-17(21(32-13(2)33-22)14-4-6-15(27)7-5-14)11-19(12)34(18)24(35)16-9-10-31-23(20(16)26)25(28,29)30/h4-7,9-10,12,18-19H,3,8,11H2,1-2H3/t12?,18-,19-/m0/s1. The van der Waals surface area contributed by atoms with Gasteiger partial charge in [-0.2, -0.15) is 13.2 Å². The van der Waals surface area contributed by atoms with Crippen LogP contribution < -0.4 is 0 Å². The number of hydrogen-bond acceptors (Lipinski definition) is 4. The first kappa shape index (κ1) is 23.7. The zero-order chi connectivity index (χ0) is 25.1. The van der Waals surface area contributed by atoms with Crippen molar-refractivity contribution in [2.24, 2.45) is 5.92 Å². The van der Waals surface area contributed by atoms with Gasteiger partial charge in [0.1, 0.15) is 11.6 Å². The maximum absolute atomic E-state index is 13.7. The molecule has 1 amide bonds. The number of pyridine rings is 1. The number of amides is 1. The number of alkyl halides is 3. The highest BCUT2D eigenvalue weighted by atomic mass is 35.5. The van der Waals surface area contributed by atoms with Crippen molar-refractivity contribution in [3.63, 3.8) is 0 Å². The molecule has 4 heterocycles. The van der Waals surface area contributed by atoms with Crippen molar-refractivity contribution in [1.29, 1.82) is 0 Å². The van der Waals surface area contributed by atoms with Crippen LogP contribution in [0, 0.1) is 18.7 Å². The molecule has 1 unspecified atom stereocenters. The fourth-order valence-electron chi connectivity index (χ4n) is 5.21. The van der Waals surface area contributed by atoms with Crippen molar-refractivity contribution in [3.8, 4) is 11.3 Å². The van der Waals surface area contributed by atoms with E-state index in [1.54, 1.807) is 24.0 Å². The summed E-state index contributed by atoms with van der Waals surface area (Å²) < 4.78 is 53.7. The summed E-state index contributed by atoms with van der Waals surface area (Å²) in [5.74, 6) is -0.347. The van der Waals surface area contributed by atoms with Crippen molar-refractivity contribution in [2.45, 2.75) is 51.4 Å². The molecular formula is C25H21ClF4N4O. The molecule has 0 aliphatic carbocycles. The van der Waals surface area contributed by atoms with E-state index in [4.69, 9.17) is 11.6 Å². The molecule has 0 radical (unpaired) electrons. The minimum Gasteiger partial charge on any atom is -0.326 e. The molecule has 2 aromatic heterocycles. The topological polar surface area (TPSA) is 59.0 Å². The summed E-state index contributed by atoms with van der Waals surface area (Å²) in [5.41, 5.74) is 1.47. The second kappa shape index (κ2) is 8.55. The van der Waals surface area contributed by atoms with Gasteiger partial charge in [0.2, 0.25) is 0 Å². The predicted octanol–water partition coefficient (Wildman–Crippen LogP) is 6.20. The molecule has 1 saturated heterocycles. The van der Waals surface area contributed by atoms with Gasteiger partial charge in [0.05, 0.1) is 28.0 Å². The summed E-state index contributed by atoms with van der Waals surface area (Å²) in [6.45, 7) is 3.76. The molecular weight excluding hydrogens is 484 g/mol. The molecule has 1 fully saturated rings. The normalized spacial score (nSPS) is 21.6. The molecule has 0 saturated carbocycles. The van der Waals surface area contributed by atoms with Gasteiger partial charge >= 0.3 is 6.18 Å². The lowest BCUT2D eigenvalue weighted by atomic mass is 9.76. The molecule has 0 N–H and O–H groups in total. The van der Waals surface area contributed by atoms with Crippen LogP contribution in [0.5, 0.6) is 0 Å². The fourth-order valence-corrected chi connectivity index (χ4v) is 5.51. The average Bonchev–Trinajstić information content (AvgIpc) is 2.80. The third-order valence-electron chi connectivity index (χ3n) is 6.87. The van der Waals surface area contributed by atoms with E-state index >= 15 is 0 Å². The van der Waals surface area contributed by atoms with E-state index in [-0.39, 0.29) is 23.3 Å². The summed E-state index contributed by atoms with van der Waals surface area (Å²) >= 11 is 6.06. The van der Waals surface area contributed by atoms with E-state index < -0.39 is 28.8 Å². The van der Waals surface area contributed by atoms with Crippen LogP contribution in [0.2, 0.25) is 5.02 Å². The second-order valence-electron chi connectivity index (χ2n) is 9.06. The molecule has 10 heteroatoms. The van der Waals surface area contributed by atoms with Gasteiger partial charge in [-0.1, -0.05) is 18.5 Å². The first-order valence-corrected chi connectivity index (χ1v) is 11.6. The van der Waals surface area contributed by atoms with Gasteiger partial charge in [-0.25, -0.2) is 14.4 Å². The molecule has 5 rings (SSSR count). The first-order valence-electron chi connectivity index (χ1n) is 11.2. The number of hydrogen-bond donors (Lipinski definition) is 0. The summed E-state index contributed by atoms with van der Waals surface area (Å²) in [5, 5.41) is -0.701. The van der Waals surface area contributed by atoms with E-state index in [0.717, 1.165) is 23.7 Å². The molecule has 2 bridgehead atoms. The van der Waals surface area contributed by atoms with Crippen molar-refractivity contribution < 1.29 is 22.4 Å². The molecule has 2 aliphatic heterocycles. The van der Waals surface area contributed by atoms with Crippen LogP contribution in [0.1, 0.15) is 58.9 Å². The Labute approximate surface area is 204 Å². The summed E-state index contributed by atoms with van der Waals surface area (Å²) in [4.78, 5) is 28.0. The number of benzene rings is 1. The highest BCUT2D eigenvalue weighted by Crippen LogP contribution is 2.47. The minimum atomic E-state index is -4.78. The molecule has 35 heavy (non-hydrogen) atoms. The number of nitrogens with zero attached hydrogens (tertiary/aromatic N) is 4. The van der Waals surface area contributed by atoms with Gasteiger partial charge in [-0.3, -0.25) is 9.78 Å². The molecule has 0 spiro atoms. The predicted molar refractivity (Wildman–Crippen MR) is 121 cm³/mol. The largest absolute Gasteiger partial charge is 0.434 e. The lowest BCUT2D eigenvalue weighted by molar-refractivity contribution is -0.141. The van der Waals surface area contributed by atoms with Crippen molar-refractivity contribution in [3.05, 3.63) is 75.7 Å². The number of rotatable bonds is 2. The van der Waals surface area contributed by atoms with Gasteiger partial charge < -0.3 is 4.90 Å². The lowest BCUT2D eigenvalue weighted by Gasteiger charge is -2.49. The van der Waals surface area contributed by atoms with Gasteiger partial charge in [0, 0.05) is 23.4 Å². The highest BCUT2D eigenvalue weighted by Gasteiger charge is 2.46. The van der Waals surface area contributed by atoms with Crippen molar-refractivity contribution >= 4 is 17.5 Å². The Morgan fingerprint density at radius 2 is 1.83 bits per heavy atom. The first-order chi connectivity index (χ1) is 16.6. The molecule has 182 valence electrons. The van der Waals surface area contributed by atoms with Crippen LogP contribution in [0.4, 0.5) is 17.6 Å². The van der Waals surface area contributed by atoms with Crippen LogP contribution in [0.3, 0.4) is 0 Å². The maximum Gasteiger partial charge on any atom is 0.434 e. The number of aryl methyl sites for hydroxylation is 1. The Bertz CT molecular complexity index is 1310. The van der Waals surface area contributed by atoms with E-state index in [0.29, 0.717) is 30.1 Å². The number of fused-ring (bicyclic) bond motifs is 4. The zero-order valence-corrected chi connectivity index (χ0v) is 19.7. The number of aromatic nitrogens is 3. The number of piperidine rings is 1. The second-order valence-corrected chi connectivity index (χ2v) is 9.44. The number of halogens is 5. The Morgan fingerprint density at radius 1 is 1.11 bits per heavy atom. The van der Waals surface area contributed by atoms with E-state index in [1.165, 1.54) is 18.2 Å². The monoisotopic (exact) mass is 504 g/mol. The summed E-state index contributed by atoms with van der Waals surface area (Å²) in [6, 6.07) is 6.55. The SMILES string of the molecule is Cc1nc(-c2ccc(F)cc2)c2c(n1)[C@@H]1CCC(C)[C@H](C2)N1C(=O)c1ccnc(C(F)(F)F)c1Cl. The molecule has 1 aromatic carbocycles. The van der Waals surface area contributed by atoms with Crippen LogP contribution in [0.25, 0.3) is 11.3 Å². The van der Waals surface area contributed by atoms with Crippen LogP contribution in [-0.2, 0) is 12.6 Å². The molecule has 2 aliphatic rings. The van der Waals surface area contributed by atoms with Crippen LogP contribution >= 0.6 is 11.6 Å². The van der Waals surface area contributed by atoms with Gasteiger partial charge in [-0.15, -0.1) is 0 Å². The van der Waals surface area contributed by atoms with Gasteiger partial charge in [0.25, 0.3) is 5.91 Å². The molecule has 5 nitrogen and oxygen atoms in total. The number of carbonyl (C=O) groups excluding carboxylic acids is 1. The van der Waals surface area contributed by atoms with E-state index in [2.05, 4.69) is 15.0 Å². The summed E-state index contributed by atoms with van der Waals surface area (Å²) in [6.07, 6.45) is -1.95. The minimum absolute atomic E-state index is 0.0911. The van der Waals surface area contributed by atoms with Crippen LogP contribution in [0.15, 0.2) is 36.5 Å². The average molecular weight is 505 g/mol. The zero-order valence-electron chi connectivity index (χ0n) is 18.9. The van der Waals surface area contributed by atoms with Gasteiger partial charge in [-0.05, 0) is 62.4 Å². The maximum atomic E-state index is 13.7. The summed E-state index contributed by atoms with van der Waals surface area (Å²) in [7, 11) is 0. The highest BCUT2D eigenvalue weighted by molar-refractivity contribution is 6.34. The Morgan fingerprint density at radius 3 is 2.51 bits per heavy atom.